The summed E-state index contributed by atoms with van der Waals surface area (Å²) in [6.45, 7) is 2.71. The number of fused-ring (bicyclic) bond motifs is 1. The maximum atomic E-state index is 11.1. The monoisotopic (exact) mass is 248 g/mol. The molecule has 2 aromatic heterocycles. The molecule has 0 saturated carbocycles. The summed E-state index contributed by atoms with van der Waals surface area (Å²) in [6.07, 6.45) is 1.61. The van der Waals surface area contributed by atoms with Crippen LogP contribution in [0.15, 0.2) is 18.3 Å². The van der Waals surface area contributed by atoms with Gasteiger partial charge < -0.3 is 14.7 Å². The molecule has 18 heavy (non-hydrogen) atoms. The fraction of sp³-hybridized carbons (Fsp3) is 0.364. The zero-order valence-electron chi connectivity index (χ0n) is 9.61. The quantitative estimate of drug-likeness (QED) is 0.821. The number of carboxylic acids is 1. The second-order valence-corrected chi connectivity index (χ2v) is 4.01. The number of rotatable bonds is 2. The first-order chi connectivity index (χ1) is 8.75. The lowest BCUT2D eigenvalue weighted by atomic mass is 10.3. The van der Waals surface area contributed by atoms with E-state index in [2.05, 4.69) is 15.0 Å². The molecule has 0 atom stereocenters. The summed E-state index contributed by atoms with van der Waals surface area (Å²) in [5.41, 5.74) is 0.570. The Morgan fingerprint density at radius 2 is 2.17 bits per heavy atom. The number of hydrogen-bond donors (Lipinski definition) is 1. The summed E-state index contributed by atoms with van der Waals surface area (Å²) in [5, 5.41) is 13.2. The molecule has 0 aromatic carbocycles. The molecule has 0 bridgehead atoms. The molecular weight excluding hydrogens is 236 g/mol. The largest absolute Gasteiger partial charge is 0.477 e. The van der Waals surface area contributed by atoms with E-state index in [1.54, 1.807) is 22.8 Å². The van der Waals surface area contributed by atoms with Crippen LogP contribution in [0.25, 0.3) is 5.65 Å². The Morgan fingerprint density at radius 1 is 1.39 bits per heavy atom. The Morgan fingerprint density at radius 3 is 2.89 bits per heavy atom. The van der Waals surface area contributed by atoms with E-state index in [9.17, 15) is 4.79 Å². The number of carbonyl (C=O) groups is 1. The third kappa shape index (κ3) is 1.78. The van der Waals surface area contributed by atoms with Gasteiger partial charge in [0.25, 0.3) is 0 Å². The van der Waals surface area contributed by atoms with Gasteiger partial charge in [0.1, 0.15) is 5.82 Å². The van der Waals surface area contributed by atoms with Crippen LogP contribution in [-0.4, -0.2) is 52.0 Å². The van der Waals surface area contributed by atoms with Gasteiger partial charge in [-0.25, -0.2) is 9.78 Å². The summed E-state index contributed by atoms with van der Waals surface area (Å²) in [4.78, 5) is 17.2. The number of aromatic nitrogens is 3. The van der Waals surface area contributed by atoms with Gasteiger partial charge in [0.15, 0.2) is 11.3 Å². The van der Waals surface area contributed by atoms with E-state index in [0.717, 1.165) is 18.9 Å². The molecule has 3 heterocycles. The number of aromatic carboxylic acids is 1. The summed E-state index contributed by atoms with van der Waals surface area (Å²) < 4.78 is 6.94. The lowest BCUT2D eigenvalue weighted by Gasteiger charge is -2.28. The van der Waals surface area contributed by atoms with Gasteiger partial charge in [-0.05, 0) is 0 Å². The third-order valence-corrected chi connectivity index (χ3v) is 2.89. The Labute approximate surface area is 103 Å². The van der Waals surface area contributed by atoms with E-state index in [0.29, 0.717) is 18.9 Å². The average molecular weight is 248 g/mol. The van der Waals surface area contributed by atoms with Crippen LogP contribution in [0.1, 0.15) is 10.5 Å². The van der Waals surface area contributed by atoms with Crippen LogP contribution in [0.5, 0.6) is 0 Å². The number of carboxylic acid groups (broad SMARTS) is 1. The molecule has 0 radical (unpaired) electrons. The van der Waals surface area contributed by atoms with E-state index in [-0.39, 0.29) is 5.69 Å². The van der Waals surface area contributed by atoms with Crippen molar-refractivity contribution < 1.29 is 14.6 Å². The van der Waals surface area contributed by atoms with E-state index < -0.39 is 5.97 Å². The number of anilines is 1. The van der Waals surface area contributed by atoms with E-state index in [1.807, 2.05) is 0 Å². The molecule has 2 aromatic rings. The third-order valence-electron chi connectivity index (χ3n) is 2.89. The minimum atomic E-state index is -1.03. The molecular formula is C11H12N4O3. The molecule has 0 amide bonds. The molecule has 1 aliphatic heterocycles. The van der Waals surface area contributed by atoms with Crippen LogP contribution >= 0.6 is 0 Å². The second-order valence-electron chi connectivity index (χ2n) is 4.01. The lowest BCUT2D eigenvalue weighted by Crippen LogP contribution is -2.37. The van der Waals surface area contributed by atoms with Gasteiger partial charge in [-0.1, -0.05) is 0 Å². The van der Waals surface area contributed by atoms with Crippen LogP contribution in [0.3, 0.4) is 0 Å². The second kappa shape index (κ2) is 4.26. The van der Waals surface area contributed by atoms with Gasteiger partial charge in [0.2, 0.25) is 0 Å². The first kappa shape index (κ1) is 11.0. The van der Waals surface area contributed by atoms with Crippen LogP contribution in [-0.2, 0) is 4.74 Å². The number of ether oxygens (including phenoxy) is 1. The summed E-state index contributed by atoms with van der Waals surface area (Å²) in [6, 6.07) is 3.24. The van der Waals surface area contributed by atoms with Gasteiger partial charge in [-0.15, -0.1) is 0 Å². The standard InChI is InChI=1S/C11H12N4O3/c16-11(17)8-7-10(14-3-5-18-6-4-14)15-9(13-8)1-2-12-15/h1-2,7H,3-6H2,(H,16,17). The van der Waals surface area contributed by atoms with Crippen molar-refractivity contribution in [3.8, 4) is 0 Å². The molecule has 1 saturated heterocycles. The van der Waals surface area contributed by atoms with Crippen molar-refractivity contribution in [1.82, 2.24) is 14.6 Å². The van der Waals surface area contributed by atoms with Crippen molar-refractivity contribution in [2.75, 3.05) is 31.2 Å². The van der Waals surface area contributed by atoms with Gasteiger partial charge >= 0.3 is 5.97 Å². The molecule has 0 unspecified atom stereocenters. The van der Waals surface area contributed by atoms with Crippen LogP contribution in [0, 0.1) is 0 Å². The van der Waals surface area contributed by atoms with Crippen molar-refractivity contribution in [2.24, 2.45) is 0 Å². The van der Waals surface area contributed by atoms with Crippen molar-refractivity contribution in [3.63, 3.8) is 0 Å². The van der Waals surface area contributed by atoms with Crippen LogP contribution < -0.4 is 4.90 Å². The Balaban J connectivity index is 2.12. The van der Waals surface area contributed by atoms with Crippen molar-refractivity contribution >= 4 is 17.4 Å². The van der Waals surface area contributed by atoms with E-state index in [4.69, 9.17) is 9.84 Å². The highest BCUT2D eigenvalue weighted by molar-refractivity contribution is 5.87. The highest BCUT2D eigenvalue weighted by Gasteiger charge is 2.18. The lowest BCUT2D eigenvalue weighted by molar-refractivity contribution is 0.0690. The molecule has 3 rings (SSSR count). The average Bonchev–Trinajstić information content (AvgIpc) is 2.86. The zero-order chi connectivity index (χ0) is 12.5. The SMILES string of the molecule is O=C(O)c1cc(N2CCOCC2)n2nccc2n1. The van der Waals surface area contributed by atoms with Crippen molar-refractivity contribution in [2.45, 2.75) is 0 Å². The fourth-order valence-electron chi connectivity index (χ4n) is 2.02. The first-order valence-electron chi connectivity index (χ1n) is 5.66. The maximum Gasteiger partial charge on any atom is 0.354 e. The summed E-state index contributed by atoms with van der Waals surface area (Å²) in [5.74, 6) is -0.293. The van der Waals surface area contributed by atoms with Crippen molar-refractivity contribution in [3.05, 3.63) is 24.0 Å². The number of hydrogen-bond acceptors (Lipinski definition) is 5. The molecule has 1 fully saturated rings. The Hall–Kier alpha value is -2.15. The Bertz CT molecular complexity index is 589. The maximum absolute atomic E-state index is 11.1. The fourth-order valence-corrected chi connectivity index (χ4v) is 2.02. The molecule has 94 valence electrons. The van der Waals surface area contributed by atoms with Crippen LogP contribution in [0.4, 0.5) is 5.82 Å². The van der Waals surface area contributed by atoms with Crippen molar-refractivity contribution in [1.29, 1.82) is 0 Å². The predicted octanol–water partition coefficient (Wildman–Crippen LogP) is 0.264. The zero-order valence-corrected chi connectivity index (χ0v) is 9.61. The highest BCUT2D eigenvalue weighted by Crippen LogP contribution is 2.18. The molecule has 1 N–H and O–H groups in total. The molecule has 7 nitrogen and oxygen atoms in total. The summed E-state index contributed by atoms with van der Waals surface area (Å²) >= 11 is 0. The molecule has 1 aliphatic rings. The molecule has 7 heteroatoms. The Kier molecular flexibility index (Phi) is 2.60. The molecule has 0 spiro atoms. The smallest absolute Gasteiger partial charge is 0.354 e. The normalized spacial score (nSPS) is 16.1. The van der Waals surface area contributed by atoms with E-state index >= 15 is 0 Å². The van der Waals surface area contributed by atoms with Gasteiger partial charge in [-0.2, -0.15) is 9.61 Å². The topological polar surface area (TPSA) is 80.0 Å². The minimum Gasteiger partial charge on any atom is -0.477 e. The van der Waals surface area contributed by atoms with Crippen LogP contribution in [0.2, 0.25) is 0 Å². The van der Waals surface area contributed by atoms with Gasteiger partial charge in [0, 0.05) is 25.2 Å². The van der Waals surface area contributed by atoms with Gasteiger partial charge in [-0.3, -0.25) is 0 Å². The van der Waals surface area contributed by atoms with E-state index in [1.165, 1.54) is 0 Å². The molecule has 0 aliphatic carbocycles. The number of morpholine rings is 1. The number of nitrogens with zero attached hydrogens (tertiary/aromatic N) is 4. The highest BCUT2D eigenvalue weighted by atomic mass is 16.5. The van der Waals surface area contributed by atoms with Gasteiger partial charge in [0.05, 0.1) is 19.4 Å². The predicted molar refractivity (Wildman–Crippen MR) is 63.0 cm³/mol. The first-order valence-corrected chi connectivity index (χ1v) is 5.66. The summed E-state index contributed by atoms with van der Waals surface area (Å²) in [7, 11) is 0. The minimum absolute atomic E-state index is 0.0319.